The van der Waals surface area contributed by atoms with Gasteiger partial charge in [-0.05, 0) is 47.2 Å². The molecule has 0 aliphatic heterocycles. The van der Waals surface area contributed by atoms with Crippen LogP contribution in [0.3, 0.4) is 0 Å². The van der Waals surface area contributed by atoms with Crippen LogP contribution in [0.25, 0.3) is 11.4 Å². The topological polar surface area (TPSA) is 91.9 Å². The Labute approximate surface area is 130 Å². The van der Waals surface area contributed by atoms with Crippen LogP contribution in [-0.4, -0.2) is 37.9 Å². The summed E-state index contributed by atoms with van der Waals surface area (Å²) in [6, 6.07) is 8.20. The lowest BCUT2D eigenvalue weighted by atomic mass is 10.1. The molecule has 0 amide bonds. The number of methoxy groups -OCH3 is 1. The number of carbonyl (C=O) groups excluding carboxylic acids is 1. The Morgan fingerprint density at radius 2 is 1.96 bits per heavy atom. The van der Waals surface area contributed by atoms with Crippen LogP contribution < -0.4 is 5.56 Å². The Bertz CT molecular complexity index is 915. The van der Waals surface area contributed by atoms with Crippen molar-refractivity contribution in [2.75, 3.05) is 7.11 Å². The first-order valence-electron chi connectivity index (χ1n) is 6.75. The van der Waals surface area contributed by atoms with E-state index in [4.69, 9.17) is 4.74 Å². The second kappa shape index (κ2) is 5.84. The van der Waals surface area contributed by atoms with E-state index in [1.54, 1.807) is 24.4 Å². The lowest BCUT2D eigenvalue weighted by molar-refractivity contribution is 0.0600. The van der Waals surface area contributed by atoms with Gasteiger partial charge in [0.25, 0.3) is 5.56 Å². The SMILES string of the molecule is COC(=O)c1cc(-n2cnnn2)cc(-n2ccc(C)cc2=O)c1. The van der Waals surface area contributed by atoms with E-state index in [1.807, 2.05) is 13.0 Å². The minimum Gasteiger partial charge on any atom is -0.465 e. The number of nitrogens with zero attached hydrogens (tertiary/aromatic N) is 5. The summed E-state index contributed by atoms with van der Waals surface area (Å²) >= 11 is 0. The van der Waals surface area contributed by atoms with Crippen molar-refractivity contribution < 1.29 is 9.53 Å². The molecular formula is C15H13N5O3. The number of aryl methyl sites for hydroxylation is 1. The molecule has 116 valence electrons. The van der Waals surface area contributed by atoms with Gasteiger partial charge in [-0.1, -0.05) is 0 Å². The maximum absolute atomic E-state index is 12.2. The molecule has 23 heavy (non-hydrogen) atoms. The minimum absolute atomic E-state index is 0.199. The largest absolute Gasteiger partial charge is 0.465 e. The van der Waals surface area contributed by atoms with Crippen LogP contribution in [0.15, 0.2) is 47.7 Å². The molecule has 1 aromatic carbocycles. The van der Waals surface area contributed by atoms with Crippen LogP contribution in [-0.2, 0) is 4.74 Å². The number of aromatic nitrogens is 5. The maximum atomic E-state index is 12.2. The molecule has 0 fully saturated rings. The quantitative estimate of drug-likeness (QED) is 0.668. The molecule has 0 saturated heterocycles. The van der Waals surface area contributed by atoms with E-state index in [9.17, 15) is 9.59 Å². The Balaban J connectivity index is 2.21. The summed E-state index contributed by atoms with van der Waals surface area (Å²) in [5.41, 5.74) is 2.01. The third-order valence-electron chi connectivity index (χ3n) is 3.29. The summed E-state index contributed by atoms with van der Waals surface area (Å²) in [6.45, 7) is 1.84. The van der Waals surface area contributed by atoms with Crippen molar-refractivity contribution >= 4 is 5.97 Å². The molecule has 2 aromatic heterocycles. The standard InChI is InChI=1S/C15H13N5O3/c1-10-3-4-19(14(21)5-10)12-6-11(15(22)23-2)7-13(8-12)20-9-16-17-18-20/h3-9H,1-2H3. The summed E-state index contributed by atoms with van der Waals surface area (Å²) < 4.78 is 7.60. The summed E-state index contributed by atoms with van der Waals surface area (Å²) in [5.74, 6) is -0.513. The zero-order valence-corrected chi connectivity index (χ0v) is 12.5. The molecule has 0 spiro atoms. The van der Waals surface area contributed by atoms with E-state index in [0.29, 0.717) is 16.9 Å². The van der Waals surface area contributed by atoms with Gasteiger partial charge >= 0.3 is 5.97 Å². The van der Waals surface area contributed by atoms with Gasteiger partial charge < -0.3 is 4.74 Å². The number of benzene rings is 1. The number of pyridine rings is 1. The molecule has 0 bridgehead atoms. The minimum atomic E-state index is -0.513. The number of ether oxygens (including phenoxy) is 1. The van der Waals surface area contributed by atoms with Crippen LogP contribution in [0, 0.1) is 6.92 Å². The predicted molar refractivity (Wildman–Crippen MR) is 80.8 cm³/mol. The fourth-order valence-electron chi connectivity index (χ4n) is 2.17. The molecule has 8 heteroatoms. The monoisotopic (exact) mass is 311 g/mol. The summed E-state index contributed by atoms with van der Waals surface area (Å²) in [6.07, 6.45) is 3.05. The lowest BCUT2D eigenvalue weighted by Crippen LogP contribution is -2.18. The number of hydrogen-bond donors (Lipinski definition) is 0. The van der Waals surface area contributed by atoms with Crippen LogP contribution in [0.2, 0.25) is 0 Å². The first-order chi connectivity index (χ1) is 11.1. The van der Waals surface area contributed by atoms with Gasteiger partial charge in [-0.25, -0.2) is 9.48 Å². The van der Waals surface area contributed by atoms with Crippen molar-refractivity contribution in [3.05, 3.63) is 64.3 Å². The van der Waals surface area contributed by atoms with E-state index in [2.05, 4.69) is 15.5 Å². The van der Waals surface area contributed by atoms with E-state index in [1.165, 1.54) is 28.8 Å². The van der Waals surface area contributed by atoms with Gasteiger partial charge in [0.2, 0.25) is 0 Å². The van der Waals surface area contributed by atoms with Crippen LogP contribution in [0.4, 0.5) is 0 Å². The average molecular weight is 311 g/mol. The van der Waals surface area contributed by atoms with Gasteiger partial charge in [0, 0.05) is 12.3 Å². The number of carbonyl (C=O) groups is 1. The zero-order chi connectivity index (χ0) is 16.4. The normalized spacial score (nSPS) is 10.5. The van der Waals surface area contributed by atoms with Crippen LogP contribution in [0.5, 0.6) is 0 Å². The third kappa shape index (κ3) is 2.86. The highest BCUT2D eigenvalue weighted by atomic mass is 16.5. The van der Waals surface area contributed by atoms with Gasteiger partial charge in [0.1, 0.15) is 6.33 Å². The highest BCUT2D eigenvalue weighted by molar-refractivity contribution is 5.90. The maximum Gasteiger partial charge on any atom is 0.338 e. The molecule has 0 radical (unpaired) electrons. The van der Waals surface area contributed by atoms with Crippen molar-refractivity contribution in [3.8, 4) is 11.4 Å². The Morgan fingerprint density at radius 3 is 2.61 bits per heavy atom. The molecule has 8 nitrogen and oxygen atoms in total. The molecular weight excluding hydrogens is 298 g/mol. The molecule has 0 N–H and O–H groups in total. The molecule has 0 aliphatic carbocycles. The lowest BCUT2D eigenvalue weighted by Gasteiger charge is -2.10. The molecule has 0 unspecified atom stereocenters. The van der Waals surface area contributed by atoms with E-state index < -0.39 is 5.97 Å². The summed E-state index contributed by atoms with van der Waals surface area (Å²) in [7, 11) is 1.30. The first kappa shape index (κ1) is 14.6. The number of rotatable bonds is 3. The molecule has 3 rings (SSSR count). The fraction of sp³-hybridized carbons (Fsp3) is 0.133. The van der Waals surface area contributed by atoms with E-state index in [-0.39, 0.29) is 5.56 Å². The summed E-state index contributed by atoms with van der Waals surface area (Å²) in [4.78, 5) is 24.1. The summed E-state index contributed by atoms with van der Waals surface area (Å²) in [5, 5.41) is 10.9. The van der Waals surface area contributed by atoms with Gasteiger partial charge in [-0.3, -0.25) is 9.36 Å². The van der Waals surface area contributed by atoms with Gasteiger partial charge in [0.05, 0.1) is 24.0 Å². The molecule has 0 atom stereocenters. The molecule has 0 saturated carbocycles. The first-order valence-corrected chi connectivity index (χ1v) is 6.75. The van der Waals surface area contributed by atoms with Crippen molar-refractivity contribution in [3.63, 3.8) is 0 Å². The van der Waals surface area contributed by atoms with Crippen molar-refractivity contribution in [2.24, 2.45) is 0 Å². The van der Waals surface area contributed by atoms with Crippen LogP contribution >= 0.6 is 0 Å². The van der Waals surface area contributed by atoms with Crippen molar-refractivity contribution in [2.45, 2.75) is 6.92 Å². The average Bonchev–Trinajstić information content (AvgIpc) is 3.08. The highest BCUT2D eigenvalue weighted by Gasteiger charge is 2.12. The fourth-order valence-corrected chi connectivity index (χ4v) is 2.17. The van der Waals surface area contributed by atoms with E-state index >= 15 is 0 Å². The zero-order valence-electron chi connectivity index (χ0n) is 12.5. The van der Waals surface area contributed by atoms with E-state index in [0.717, 1.165) is 5.56 Å². The number of hydrogen-bond acceptors (Lipinski definition) is 6. The van der Waals surface area contributed by atoms with Gasteiger partial charge in [0.15, 0.2) is 0 Å². The molecule has 3 aromatic rings. The van der Waals surface area contributed by atoms with Crippen molar-refractivity contribution in [1.82, 2.24) is 24.8 Å². The predicted octanol–water partition coefficient (Wildman–Crippen LogP) is 0.908. The highest BCUT2D eigenvalue weighted by Crippen LogP contribution is 2.17. The second-order valence-corrected chi connectivity index (χ2v) is 4.90. The molecule has 0 aliphatic rings. The Morgan fingerprint density at radius 1 is 1.17 bits per heavy atom. The Hall–Kier alpha value is -3.29. The number of esters is 1. The van der Waals surface area contributed by atoms with Crippen molar-refractivity contribution in [1.29, 1.82) is 0 Å². The third-order valence-corrected chi connectivity index (χ3v) is 3.29. The second-order valence-electron chi connectivity index (χ2n) is 4.90. The van der Waals surface area contributed by atoms with Gasteiger partial charge in [-0.2, -0.15) is 0 Å². The number of tetrazole rings is 1. The Kier molecular flexibility index (Phi) is 3.71. The smallest absolute Gasteiger partial charge is 0.338 e. The van der Waals surface area contributed by atoms with Gasteiger partial charge in [-0.15, -0.1) is 5.10 Å². The van der Waals surface area contributed by atoms with Crippen LogP contribution in [0.1, 0.15) is 15.9 Å². The molecule has 2 heterocycles.